The Labute approximate surface area is 130 Å². The van der Waals surface area contributed by atoms with Gasteiger partial charge in [-0.15, -0.1) is 0 Å². The fourth-order valence-corrected chi connectivity index (χ4v) is 2.31. The summed E-state index contributed by atoms with van der Waals surface area (Å²) in [5, 5.41) is 3.48. The highest BCUT2D eigenvalue weighted by Gasteiger charge is 2.09. The molecule has 0 aliphatic heterocycles. The van der Waals surface area contributed by atoms with Crippen LogP contribution in [0, 0.1) is 12.8 Å². The van der Waals surface area contributed by atoms with Gasteiger partial charge in [0.25, 0.3) is 0 Å². The lowest BCUT2D eigenvalue weighted by molar-refractivity contribution is 0.119. The minimum atomic E-state index is 0.612. The molecule has 1 unspecified atom stereocenters. The molecule has 0 amide bonds. The zero-order valence-electron chi connectivity index (χ0n) is 13.9. The average Bonchev–Trinajstić information content (AvgIpc) is 2.50. The van der Waals surface area contributed by atoms with Gasteiger partial charge in [-0.1, -0.05) is 36.8 Å². The predicted molar refractivity (Wildman–Crippen MR) is 88.8 cm³/mol. The van der Waals surface area contributed by atoms with Crippen LogP contribution in [0.4, 0.5) is 0 Å². The van der Waals surface area contributed by atoms with Crippen molar-refractivity contribution >= 4 is 0 Å². The van der Waals surface area contributed by atoms with Crippen molar-refractivity contribution in [3.8, 4) is 0 Å². The molecule has 0 radical (unpaired) electrons. The highest BCUT2D eigenvalue weighted by atomic mass is 16.5. The van der Waals surface area contributed by atoms with Crippen LogP contribution < -0.4 is 5.32 Å². The maximum absolute atomic E-state index is 5.65. The summed E-state index contributed by atoms with van der Waals surface area (Å²) in [6.07, 6.45) is 3.30. The molecule has 1 rings (SSSR count). The largest absolute Gasteiger partial charge is 0.383 e. The Morgan fingerprint density at radius 2 is 1.86 bits per heavy atom. The van der Waals surface area contributed by atoms with Crippen molar-refractivity contribution in [1.82, 2.24) is 5.32 Å². The second-order valence-corrected chi connectivity index (χ2v) is 5.65. The van der Waals surface area contributed by atoms with Crippen LogP contribution in [0.5, 0.6) is 0 Å². The van der Waals surface area contributed by atoms with E-state index in [0.29, 0.717) is 5.92 Å². The summed E-state index contributed by atoms with van der Waals surface area (Å²) in [6, 6.07) is 8.87. The Kier molecular flexibility index (Phi) is 10.1. The molecule has 1 N–H and O–H groups in total. The molecule has 1 aromatic rings. The number of aryl methyl sites for hydroxylation is 1. The molecular formula is C18H31NO2. The van der Waals surface area contributed by atoms with E-state index in [2.05, 4.69) is 43.4 Å². The molecule has 1 aromatic carbocycles. The van der Waals surface area contributed by atoms with E-state index in [-0.39, 0.29) is 0 Å². The molecule has 120 valence electrons. The third-order valence-electron chi connectivity index (χ3n) is 3.58. The molecule has 0 spiro atoms. The van der Waals surface area contributed by atoms with Gasteiger partial charge in [0.05, 0.1) is 6.61 Å². The number of nitrogens with one attached hydrogen (secondary N) is 1. The minimum Gasteiger partial charge on any atom is -0.383 e. The molecule has 0 heterocycles. The Balaban J connectivity index is 2.39. The van der Waals surface area contributed by atoms with E-state index in [1.54, 1.807) is 7.11 Å². The van der Waals surface area contributed by atoms with Crippen LogP contribution >= 0.6 is 0 Å². The van der Waals surface area contributed by atoms with Gasteiger partial charge in [-0.05, 0) is 44.2 Å². The van der Waals surface area contributed by atoms with Gasteiger partial charge in [0, 0.05) is 26.9 Å². The summed E-state index contributed by atoms with van der Waals surface area (Å²) in [4.78, 5) is 0. The fraction of sp³-hybridized carbons (Fsp3) is 0.667. The predicted octanol–water partition coefficient (Wildman–Crippen LogP) is 3.21. The highest BCUT2D eigenvalue weighted by Crippen LogP contribution is 2.13. The lowest BCUT2D eigenvalue weighted by Gasteiger charge is -2.18. The second-order valence-electron chi connectivity index (χ2n) is 5.65. The second kappa shape index (κ2) is 11.7. The van der Waals surface area contributed by atoms with Gasteiger partial charge in [0.2, 0.25) is 0 Å². The smallest absolute Gasteiger partial charge is 0.0587 e. The molecule has 0 saturated carbocycles. The zero-order chi connectivity index (χ0) is 15.3. The first-order chi connectivity index (χ1) is 10.3. The zero-order valence-corrected chi connectivity index (χ0v) is 13.9. The summed E-state index contributed by atoms with van der Waals surface area (Å²) in [6.45, 7) is 8.71. The molecule has 0 saturated heterocycles. The first-order valence-electron chi connectivity index (χ1n) is 8.09. The number of methoxy groups -OCH3 is 1. The van der Waals surface area contributed by atoms with E-state index >= 15 is 0 Å². The Bertz CT molecular complexity index is 339. The molecule has 0 bridgehead atoms. The molecular weight excluding hydrogens is 262 g/mol. The SMILES string of the molecule is CCCOCCC(CNCCOC)Cc1ccc(C)cc1. The molecule has 21 heavy (non-hydrogen) atoms. The van der Waals surface area contributed by atoms with Gasteiger partial charge in [0.15, 0.2) is 0 Å². The molecule has 0 aromatic heterocycles. The summed E-state index contributed by atoms with van der Waals surface area (Å²) in [7, 11) is 1.74. The third kappa shape index (κ3) is 8.86. The summed E-state index contributed by atoms with van der Waals surface area (Å²) in [5.41, 5.74) is 2.73. The quantitative estimate of drug-likeness (QED) is 0.600. The number of hydrogen-bond acceptors (Lipinski definition) is 3. The fourth-order valence-electron chi connectivity index (χ4n) is 2.31. The Morgan fingerprint density at radius 1 is 1.10 bits per heavy atom. The average molecular weight is 293 g/mol. The van der Waals surface area contributed by atoms with Crippen molar-refractivity contribution in [2.75, 3.05) is 40.0 Å². The highest BCUT2D eigenvalue weighted by molar-refractivity contribution is 5.21. The summed E-state index contributed by atoms with van der Waals surface area (Å²) >= 11 is 0. The van der Waals surface area contributed by atoms with Crippen LogP contribution in [0.25, 0.3) is 0 Å². The summed E-state index contributed by atoms with van der Waals surface area (Å²) in [5.74, 6) is 0.612. The van der Waals surface area contributed by atoms with Crippen LogP contribution in [0.3, 0.4) is 0 Å². The van der Waals surface area contributed by atoms with Gasteiger partial charge in [0.1, 0.15) is 0 Å². The molecule has 3 nitrogen and oxygen atoms in total. The molecule has 0 aliphatic rings. The Morgan fingerprint density at radius 3 is 2.52 bits per heavy atom. The number of ether oxygens (including phenoxy) is 2. The van der Waals surface area contributed by atoms with E-state index in [1.807, 2.05) is 0 Å². The van der Waals surface area contributed by atoms with Crippen molar-refractivity contribution < 1.29 is 9.47 Å². The van der Waals surface area contributed by atoms with Crippen LogP contribution in [-0.2, 0) is 15.9 Å². The van der Waals surface area contributed by atoms with Crippen molar-refractivity contribution in [1.29, 1.82) is 0 Å². The lowest BCUT2D eigenvalue weighted by atomic mass is 9.96. The van der Waals surface area contributed by atoms with Crippen LogP contribution in [-0.4, -0.2) is 40.0 Å². The topological polar surface area (TPSA) is 30.5 Å². The Hall–Kier alpha value is -0.900. The van der Waals surface area contributed by atoms with Crippen LogP contribution in [0.15, 0.2) is 24.3 Å². The maximum Gasteiger partial charge on any atom is 0.0587 e. The first kappa shape index (κ1) is 18.1. The number of benzene rings is 1. The van der Waals surface area contributed by atoms with Crippen LogP contribution in [0.1, 0.15) is 30.9 Å². The van der Waals surface area contributed by atoms with E-state index in [9.17, 15) is 0 Å². The molecule has 3 heteroatoms. The number of rotatable bonds is 12. The monoisotopic (exact) mass is 293 g/mol. The molecule has 0 fully saturated rings. The van der Waals surface area contributed by atoms with Gasteiger partial charge in [-0.3, -0.25) is 0 Å². The first-order valence-corrected chi connectivity index (χ1v) is 8.09. The van der Waals surface area contributed by atoms with Crippen molar-refractivity contribution in [3.05, 3.63) is 35.4 Å². The summed E-state index contributed by atoms with van der Waals surface area (Å²) < 4.78 is 10.7. The van der Waals surface area contributed by atoms with Gasteiger partial charge in [-0.2, -0.15) is 0 Å². The normalized spacial score (nSPS) is 12.5. The maximum atomic E-state index is 5.65. The van der Waals surface area contributed by atoms with Gasteiger partial charge < -0.3 is 14.8 Å². The van der Waals surface area contributed by atoms with E-state index < -0.39 is 0 Å². The van der Waals surface area contributed by atoms with Crippen LogP contribution in [0.2, 0.25) is 0 Å². The lowest BCUT2D eigenvalue weighted by Crippen LogP contribution is -2.28. The van der Waals surface area contributed by atoms with Crippen molar-refractivity contribution in [3.63, 3.8) is 0 Å². The van der Waals surface area contributed by atoms with Crippen molar-refractivity contribution in [2.45, 2.75) is 33.1 Å². The standard InChI is InChI=1S/C18H31NO2/c1-4-11-21-12-9-18(15-19-10-13-20-3)14-17-7-5-16(2)6-8-17/h5-8,18-19H,4,9-15H2,1-3H3. The van der Waals surface area contributed by atoms with E-state index in [1.165, 1.54) is 11.1 Å². The van der Waals surface area contributed by atoms with Gasteiger partial charge in [-0.25, -0.2) is 0 Å². The van der Waals surface area contributed by atoms with Crippen molar-refractivity contribution in [2.24, 2.45) is 5.92 Å². The van der Waals surface area contributed by atoms with E-state index in [4.69, 9.17) is 9.47 Å². The third-order valence-corrected chi connectivity index (χ3v) is 3.58. The minimum absolute atomic E-state index is 0.612. The van der Waals surface area contributed by atoms with E-state index in [0.717, 1.165) is 52.2 Å². The number of hydrogen-bond donors (Lipinski definition) is 1. The molecule has 0 aliphatic carbocycles. The van der Waals surface area contributed by atoms with Gasteiger partial charge >= 0.3 is 0 Å². The molecule has 1 atom stereocenters.